The van der Waals surface area contributed by atoms with Gasteiger partial charge in [0.2, 0.25) is 5.91 Å². The molecule has 0 spiro atoms. The zero-order chi connectivity index (χ0) is 23.1. The maximum Gasteiger partial charge on any atom is 0.253 e. The number of aryl methyl sites for hydroxylation is 1. The van der Waals surface area contributed by atoms with Crippen molar-refractivity contribution >= 4 is 52.5 Å². The van der Waals surface area contributed by atoms with Crippen LogP contribution in [0.15, 0.2) is 60.3 Å². The lowest BCUT2D eigenvalue weighted by molar-refractivity contribution is -0.113. The topological polar surface area (TPSA) is 88.9 Å². The van der Waals surface area contributed by atoms with Crippen molar-refractivity contribution in [2.24, 2.45) is 0 Å². The number of nitrogens with zero attached hydrogens (tertiary/aromatic N) is 3. The predicted molar refractivity (Wildman–Crippen MR) is 128 cm³/mol. The molecule has 10 heteroatoms. The molecule has 0 aliphatic carbocycles. The smallest absolute Gasteiger partial charge is 0.253 e. The molecule has 0 aliphatic heterocycles. The van der Waals surface area contributed by atoms with Gasteiger partial charge < -0.3 is 15.2 Å². The van der Waals surface area contributed by atoms with E-state index in [0.29, 0.717) is 28.1 Å². The van der Waals surface area contributed by atoms with Gasteiger partial charge in [-0.05, 0) is 42.8 Å². The number of benzene rings is 2. The zero-order valence-electron chi connectivity index (χ0n) is 17.3. The van der Waals surface area contributed by atoms with Crippen LogP contribution in [0.25, 0.3) is 0 Å². The van der Waals surface area contributed by atoms with Gasteiger partial charge in [0.15, 0.2) is 11.0 Å². The Labute approximate surface area is 200 Å². The summed E-state index contributed by atoms with van der Waals surface area (Å²) in [5.41, 5.74) is 2.12. The van der Waals surface area contributed by atoms with Crippen molar-refractivity contribution in [1.82, 2.24) is 20.1 Å². The Bertz CT molecular complexity index is 1150. The average Bonchev–Trinajstić information content (AvgIpc) is 3.12. The van der Waals surface area contributed by atoms with E-state index in [-0.39, 0.29) is 29.1 Å². The Morgan fingerprint density at radius 3 is 2.72 bits per heavy atom. The summed E-state index contributed by atoms with van der Waals surface area (Å²) in [7, 11) is 0. The van der Waals surface area contributed by atoms with E-state index in [0.717, 1.165) is 11.3 Å². The van der Waals surface area contributed by atoms with Crippen LogP contribution in [0.4, 0.5) is 5.69 Å². The molecule has 1 heterocycles. The number of anilines is 1. The van der Waals surface area contributed by atoms with E-state index in [1.54, 1.807) is 22.8 Å². The van der Waals surface area contributed by atoms with E-state index in [2.05, 4.69) is 27.4 Å². The minimum atomic E-state index is -0.355. The van der Waals surface area contributed by atoms with E-state index in [1.165, 1.54) is 17.8 Å². The molecule has 7 nitrogen and oxygen atoms in total. The molecule has 0 saturated heterocycles. The van der Waals surface area contributed by atoms with Crippen LogP contribution >= 0.6 is 35.0 Å². The number of carbonyl (C=O) groups is 2. The molecule has 166 valence electrons. The van der Waals surface area contributed by atoms with E-state index in [1.807, 2.05) is 31.2 Å². The van der Waals surface area contributed by atoms with Gasteiger partial charge in [-0.3, -0.25) is 9.59 Å². The summed E-state index contributed by atoms with van der Waals surface area (Å²) in [6, 6.07) is 12.2. The van der Waals surface area contributed by atoms with Crippen LogP contribution in [0.2, 0.25) is 10.0 Å². The van der Waals surface area contributed by atoms with Crippen LogP contribution in [-0.2, 0) is 17.9 Å². The van der Waals surface area contributed by atoms with Crippen molar-refractivity contribution in [3.8, 4) is 0 Å². The third kappa shape index (κ3) is 6.35. The summed E-state index contributed by atoms with van der Waals surface area (Å²) >= 11 is 13.2. The lowest BCUT2D eigenvalue weighted by Gasteiger charge is -2.10. The zero-order valence-corrected chi connectivity index (χ0v) is 19.6. The highest BCUT2D eigenvalue weighted by Crippen LogP contribution is 2.21. The van der Waals surface area contributed by atoms with Gasteiger partial charge in [0.05, 0.1) is 22.9 Å². The summed E-state index contributed by atoms with van der Waals surface area (Å²) in [5, 5.41) is 15.2. The largest absolute Gasteiger partial charge is 0.345 e. The molecule has 0 radical (unpaired) electrons. The second kappa shape index (κ2) is 11.2. The number of hydrogen-bond donors (Lipinski definition) is 2. The fraction of sp³-hybridized carbons (Fsp3) is 0.182. The Kier molecular flexibility index (Phi) is 8.33. The fourth-order valence-corrected chi connectivity index (χ4v) is 4.11. The van der Waals surface area contributed by atoms with Crippen LogP contribution in [0.5, 0.6) is 0 Å². The van der Waals surface area contributed by atoms with Crippen molar-refractivity contribution < 1.29 is 9.59 Å². The molecule has 0 unspecified atom stereocenters. The lowest BCUT2D eigenvalue weighted by atomic mass is 10.2. The SMILES string of the molecule is C=CCn1c(CNC(=O)c2ccc(Cl)cc2Cl)nnc1SCC(=O)Nc1cccc(C)c1. The summed E-state index contributed by atoms with van der Waals surface area (Å²) in [6.07, 6.45) is 1.70. The second-order valence-corrected chi connectivity index (χ2v) is 8.60. The normalized spacial score (nSPS) is 10.6. The Balaban J connectivity index is 1.62. The predicted octanol–water partition coefficient (Wildman–Crippen LogP) is 4.74. The number of halogens is 2. The minimum absolute atomic E-state index is 0.134. The second-order valence-electron chi connectivity index (χ2n) is 6.81. The van der Waals surface area contributed by atoms with Gasteiger partial charge in [0.1, 0.15) is 0 Å². The number of carbonyl (C=O) groups excluding carboxylic acids is 2. The summed E-state index contributed by atoms with van der Waals surface area (Å²) in [5.74, 6) is 0.188. The molecule has 0 saturated carbocycles. The molecular weight excluding hydrogens is 469 g/mol. The molecule has 0 atom stereocenters. The molecule has 0 fully saturated rings. The first-order chi connectivity index (χ1) is 15.4. The first-order valence-electron chi connectivity index (χ1n) is 9.63. The van der Waals surface area contributed by atoms with Crippen molar-refractivity contribution in [3.05, 3.63) is 82.1 Å². The number of rotatable bonds is 9. The summed E-state index contributed by atoms with van der Waals surface area (Å²) in [4.78, 5) is 24.8. The molecule has 2 amide bonds. The standard InChI is InChI=1S/C22H21Cl2N5O2S/c1-3-9-29-19(12-25-21(31)17-8-7-15(23)11-18(17)24)27-28-22(29)32-13-20(30)26-16-6-4-5-14(2)10-16/h3-8,10-11H,1,9,12-13H2,2H3,(H,25,31)(H,26,30). The van der Waals surface area contributed by atoms with Crippen molar-refractivity contribution in [2.45, 2.75) is 25.2 Å². The van der Waals surface area contributed by atoms with Crippen molar-refractivity contribution in [1.29, 1.82) is 0 Å². The quantitative estimate of drug-likeness (QED) is 0.334. The highest BCUT2D eigenvalue weighted by atomic mass is 35.5. The number of allylic oxidation sites excluding steroid dienone is 1. The van der Waals surface area contributed by atoms with Crippen LogP contribution in [0.3, 0.4) is 0 Å². The molecule has 2 aromatic carbocycles. The lowest BCUT2D eigenvalue weighted by Crippen LogP contribution is -2.25. The molecule has 0 aliphatic rings. The maximum absolute atomic E-state index is 12.5. The first-order valence-corrected chi connectivity index (χ1v) is 11.4. The average molecular weight is 490 g/mol. The minimum Gasteiger partial charge on any atom is -0.345 e. The maximum atomic E-state index is 12.5. The monoisotopic (exact) mass is 489 g/mol. The summed E-state index contributed by atoms with van der Waals surface area (Å²) < 4.78 is 1.79. The van der Waals surface area contributed by atoms with Crippen molar-refractivity contribution in [3.63, 3.8) is 0 Å². The van der Waals surface area contributed by atoms with Gasteiger partial charge in [-0.25, -0.2) is 0 Å². The highest BCUT2D eigenvalue weighted by Gasteiger charge is 2.16. The highest BCUT2D eigenvalue weighted by molar-refractivity contribution is 7.99. The summed E-state index contributed by atoms with van der Waals surface area (Å²) in [6.45, 7) is 6.29. The Morgan fingerprint density at radius 1 is 1.19 bits per heavy atom. The third-order valence-corrected chi connectivity index (χ3v) is 5.84. The molecule has 3 aromatic rings. The van der Waals surface area contributed by atoms with Crippen LogP contribution < -0.4 is 10.6 Å². The van der Waals surface area contributed by atoms with Gasteiger partial charge in [-0.2, -0.15) is 0 Å². The van der Waals surface area contributed by atoms with Crippen molar-refractivity contribution in [2.75, 3.05) is 11.1 Å². The van der Waals surface area contributed by atoms with Gasteiger partial charge in [-0.15, -0.1) is 16.8 Å². The molecular formula is C22H21Cl2N5O2S. The van der Waals surface area contributed by atoms with Gasteiger partial charge in [0, 0.05) is 17.3 Å². The third-order valence-electron chi connectivity index (χ3n) is 4.32. The number of nitrogens with one attached hydrogen (secondary N) is 2. The van der Waals surface area contributed by atoms with Crippen LogP contribution in [0, 0.1) is 6.92 Å². The van der Waals surface area contributed by atoms with Gasteiger partial charge in [-0.1, -0.05) is 53.2 Å². The van der Waals surface area contributed by atoms with Gasteiger partial charge >= 0.3 is 0 Å². The van der Waals surface area contributed by atoms with E-state index < -0.39 is 0 Å². The van der Waals surface area contributed by atoms with E-state index in [9.17, 15) is 9.59 Å². The number of thioether (sulfide) groups is 1. The molecule has 1 aromatic heterocycles. The molecule has 32 heavy (non-hydrogen) atoms. The Hall–Kier alpha value is -2.81. The van der Waals surface area contributed by atoms with Gasteiger partial charge in [0.25, 0.3) is 5.91 Å². The van der Waals surface area contributed by atoms with Crippen LogP contribution in [-0.4, -0.2) is 32.3 Å². The fourth-order valence-electron chi connectivity index (χ4n) is 2.85. The van der Waals surface area contributed by atoms with E-state index >= 15 is 0 Å². The molecule has 0 bridgehead atoms. The van der Waals surface area contributed by atoms with Crippen LogP contribution in [0.1, 0.15) is 21.7 Å². The van der Waals surface area contributed by atoms with E-state index in [4.69, 9.17) is 23.2 Å². The number of hydrogen-bond acceptors (Lipinski definition) is 5. The molecule has 3 rings (SSSR count). The first kappa shape index (κ1) is 23.8. The Morgan fingerprint density at radius 2 is 2.00 bits per heavy atom. The molecule has 2 N–H and O–H groups in total. The number of amides is 2. The number of aromatic nitrogens is 3.